The number of piperidine rings is 1. The van der Waals surface area contributed by atoms with Crippen molar-refractivity contribution in [2.75, 3.05) is 0 Å². The summed E-state index contributed by atoms with van der Waals surface area (Å²) in [4.78, 5) is 36.8. The number of carbonyl (C=O) groups excluding carboxylic acids is 3. The van der Waals surface area contributed by atoms with Crippen molar-refractivity contribution in [2.45, 2.75) is 13.0 Å². The van der Waals surface area contributed by atoms with Gasteiger partial charge in [-0.15, -0.1) is 11.3 Å². The monoisotopic (exact) mass is 265 g/mol. The van der Waals surface area contributed by atoms with Crippen LogP contribution in [0.4, 0.5) is 0 Å². The number of imide groups is 1. The Kier molecular flexibility index (Phi) is 2.46. The lowest BCUT2D eigenvalue weighted by Gasteiger charge is -2.16. The van der Waals surface area contributed by atoms with Crippen molar-refractivity contribution in [3.63, 3.8) is 0 Å². The zero-order chi connectivity index (χ0) is 12.9. The standard InChI is InChI=1S/C11H11N3O3S/c12-13-9(15)8-5(1-2-18-8)4-14-10(16)6-3-7(6)11(14)17/h1-2,6-7H,3-4,12H2,(H,13,15). The Labute approximate surface area is 107 Å². The van der Waals surface area contributed by atoms with Crippen LogP contribution < -0.4 is 11.3 Å². The quantitative estimate of drug-likeness (QED) is 0.344. The number of carbonyl (C=O) groups is 3. The van der Waals surface area contributed by atoms with Gasteiger partial charge >= 0.3 is 0 Å². The van der Waals surface area contributed by atoms with Gasteiger partial charge in [-0.1, -0.05) is 0 Å². The molecule has 0 aromatic carbocycles. The van der Waals surface area contributed by atoms with Crippen molar-refractivity contribution < 1.29 is 14.4 Å². The Balaban J connectivity index is 1.81. The van der Waals surface area contributed by atoms with E-state index >= 15 is 0 Å². The molecule has 3 amide bonds. The zero-order valence-electron chi connectivity index (χ0n) is 9.38. The molecule has 2 aliphatic rings. The van der Waals surface area contributed by atoms with Crippen molar-refractivity contribution in [3.05, 3.63) is 21.9 Å². The lowest BCUT2D eigenvalue weighted by atomic mass is 10.2. The number of amides is 3. The van der Waals surface area contributed by atoms with Crippen LogP contribution in [-0.2, 0) is 16.1 Å². The van der Waals surface area contributed by atoms with Crippen LogP contribution in [0.15, 0.2) is 11.4 Å². The molecule has 3 rings (SSSR count). The molecule has 18 heavy (non-hydrogen) atoms. The first-order valence-corrected chi connectivity index (χ1v) is 6.44. The molecule has 2 atom stereocenters. The third kappa shape index (κ3) is 1.55. The molecular weight excluding hydrogens is 254 g/mol. The lowest BCUT2D eigenvalue weighted by molar-refractivity contribution is -0.142. The van der Waals surface area contributed by atoms with E-state index in [9.17, 15) is 14.4 Å². The van der Waals surface area contributed by atoms with Crippen LogP contribution in [0.3, 0.4) is 0 Å². The van der Waals surface area contributed by atoms with E-state index in [1.54, 1.807) is 11.4 Å². The number of thiophene rings is 1. The smallest absolute Gasteiger partial charge is 0.275 e. The molecule has 1 aromatic heterocycles. The zero-order valence-corrected chi connectivity index (χ0v) is 10.2. The van der Waals surface area contributed by atoms with Gasteiger partial charge in [0.25, 0.3) is 5.91 Å². The number of likely N-dealkylation sites (tertiary alicyclic amines) is 1. The normalized spacial score (nSPS) is 25.3. The summed E-state index contributed by atoms with van der Waals surface area (Å²) >= 11 is 1.24. The molecular formula is C11H11N3O3S. The van der Waals surface area contributed by atoms with Gasteiger partial charge in [0.05, 0.1) is 23.3 Å². The first-order valence-electron chi connectivity index (χ1n) is 5.56. The minimum absolute atomic E-state index is 0.108. The largest absolute Gasteiger partial charge is 0.289 e. The van der Waals surface area contributed by atoms with Crippen LogP contribution in [0.25, 0.3) is 0 Å². The van der Waals surface area contributed by atoms with Crippen LogP contribution in [0.5, 0.6) is 0 Å². The number of nitrogen functional groups attached to an aromatic ring is 1. The number of hydrazine groups is 1. The molecule has 3 N–H and O–H groups in total. The van der Waals surface area contributed by atoms with E-state index in [0.717, 1.165) is 0 Å². The van der Waals surface area contributed by atoms with Crippen molar-refractivity contribution >= 4 is 29.1 Å². The summed E-state index contributed by atoms with van der Waals surface area (Å²) in [5.74, 6) is 4.24. The predicted molar refractivity (Wildman–Crippen MR) is 63.1 cm³/mol. The number of nitrogens with one attached hydrogen (secondary N) is 1. The average Bonchev–Trinajstić information content (AvgIpc) is 2.98. The summed E-state index contributed by atoms with van der Waals surface area (Å²) in [6, 6.07) is 1.74. The van der Waals surface area contributed by atoms with E-state index in [0.29, 0.717) is 16.9 Å². The minimum Gasteiger partial charge on any atom is -0.289 e. The highest BCUT2D eigenvalue weighted by atomic mass is 32.1. The van der Waals surface area contributed by atoms with Gasteiger partial charge in [-0.05, 0) is 23.4 Å². The maximum Gasteiger partial charge on any atom is 0.275 e. The molecule has 0 spiro atoms. The second-order valence-electron chi connectivity index (χ2n) is 4.46. The third-order valence-electron chi connectivity index (χ3n) is 3.37. The number of hydrogen-bond donors (Lipinski definition) is 2. The predicted octanol–water partition coefficient (Wildman–Crippen LogP) is -0.144. The molecule has 0 bridgehead atoms. The third-order valence-corrected chi connectivity index (χ3v) is 4.32. The molecule has 1 aliphatic carbocycles. The van der Waals surface area contributed by atoms with E-state index in [2.05, 4.69) is 5.43 Å². The number of rotatable bonds is 3. The second kappa shape index (κ2) is 3.89. The van der Waals surface area contributed by atoms with Crippen LogP contribution in [0.2, 0.25) is 0 Å². The Morgan fingerprint density at radius 1 is 1.44 bits per heavy atom. The lowest BCUT2D eigenvalue weighted by Crippen LogP contribution is -2.34. The van der Waals surface area contributed by atoms with E-state index in [1.165, 1.54) is 16.2 Å². The summed E-state index contributed by atoms with van der Waals surface area (Å²) in [5.41, 5.74) is 2.71. The maximum absolute atomic E-state index is 11.8. The van der Waals surface area contributed by atoms with Gasteiger partial charge < -0.3 is 0 Å². The number of hydrogen-bond acceptors (Lipinski definition) is 5. The fraction of sp³-hybridized carbons (Fsp3) is 0.364. The van der Waals surface area contributed by atoms with Crippen LogP contribution in [0, 0.1) is 11.8 Å². The molecule has 0 radical (unpaired) electrons. The highest BCUT2D eigenvalue weighted by Crippen LogP contribution is 2.47. The van der Waals surface area contributed by atoms with Crippen molar-refractivity contribution in [3.8, 4) is 0 Å². The van der Waals surface area contributed by atoms with Gasteiger partial charge in [0, 0.05) is 0 Å². The molecule has 1 aromatic rings. The van der Waals surface area contributed by atoms with E-state index in [-0.39, 0.29) is 30.2 Å². The Bertz CT molecular complexity index is 533. The summed E-state index contributed by atoms with van der Waals surface area (Å²) in [6.45, 7) is 0.164. The summed E-state index contributed by atoms with van der Waals surface area (Å²) in [7, 11) is 0. The highest BCUT2D eigenvalue weighted by molar-refractivity contribution is 7.12. The van der Waals surface area contributed by atoms with Gasteiger partial charge in [0.2, 0.25) is 11.8 Å². The van der Waals surface area contributed by atoms with E-state index in [4.69, 9.17) is 5.84 Å². The molecule has 1 aliphatic heterocycles. The molecule has 2 fully saturated rings. The topological polar surface area (TPSA) is 92.5 Å². The molecule has 7 heteroatoms. The molecule has 6 nitrogen and oxygen atoms in total. The highest BCUT2D eigenvalue weighted by Gasteiger charge is 2.58. The summed E-state index contributed by atoms with van der Waals surface area (Å²) in [6.07, 6.45) is 0.688. The van der Waals surface area contributed by atoms with Gasteiger partial charge in [-0.25, -0.2) is 5.84 Å². The molecule has 2 unspecified atom stereocenters. The van der Waals surface area contributed by atoms with E-state index < -0.39 is 5.91 Å². The number of nitrogens with two attached hydrogens (primary N) is 1. The van der Waals surface area contributed by atoms with Crippen LogP contribution in [0.1, 0.15) is 21.7 Å². The Hall–Kier alpha value is -1.73. The van der Waals surface area contributed by atoms with Crippen molar-refractivity contribution in [1.82, 2.24) is 10.3 Å². The first-order chi connectivity index (χ1) is 8.63. The first kappa shape index (κ1) is 11.4. The number of nitrogens with zero attached hydrogens (tertiary/aromatic N) is 1. The minimum atomic E-state index is -0.399. The molecule has 1 saturated heterocycles. The SMILES string of the molecule is NNC(=O)c1sccc1CN1C(=O)C2CC2C1=O. The molecule has 94 valence electrons. The average molecular weight is 265 g/mol. The van der Waals surface area contributed by atoms with Gasteiger partial charge in [0.15, 0.2) is 0 Å². The fourth-order valence-corrected chi connectivity index (χ4v) is 3.12. The Morgan fingerprint density at radius 2 is 2.11 bits per heavy atom. The van der Waals surface area contributed by atoms with E-state index in [1.807, 2.05) is 0 Å². The summed E-state index contributed by atoms with van der Waals surface area (Å²) < 4.78 is 0. The Morgan fingerprint density at radius 3 is 2.72 bits per heavy atom. The van der Waals surface area contributed by atoms with Crippen LogP contribution in [-0.4, -0.2) is 22.6 Å². The second-order valence-corrected chi connectivity index (χ2v) is 5.38. The number of fused-ring (bicyclic) bond motifs is 1. The molecule has 2 heterocycles. The van der Waals surface area contributed by atoms with Crippen LogP contribution >= 0.6 is 11.3 Å². The summed E-state index contributed by atoms with van der Waals surface area (Å²) in [5, 5.41) is 1.74. The fourth-order valence-electron chi connectivity index (χ4n) is 2.30. The van der Waals surface area contributed by atoms with Crippen molar-refractivity contribution in [2.24, 2.45) is 17.7 Å². The van der Waals surface area contributed by atoms with Gasteiger partial charge in [-0.2, -0.15) is 0 Å². The molecule has 1 saturated carbocycles. The van der Waals surface area contributed by atoms with Gasteiger partial charge in [0.1, 0.15) is 0 Å². The maximum atomic E-state index is 11.8. The van der Waals surface area contributed by atoms with Gasteiger partial charge in [-0.3, -0.25) is 24.7 Å². The van der Waals surface area contributed by atoms with Crippen molar-refractivity contribution in [1.29, 1.82) is 0 Å².